The molecule has 1 unspecified atom stereocenters. The van der Waals surface area contributed by atoms with Crippen molar-refractivity contribution in [2.75, 3.05) is 7.11 Å². The Labute approximate surface area is 124 Å². The Morgan fingerprint density at radius 1 is 1.38 bits per heavy atom. The van der Waals surface area contributed by atoms with Crippen molar-refractivity contribution in [2.24, 2.45) is 0 Å². The molecule has 1 amide bonds. The van der Waals surface area contributed by atoms with Crippen LogP contribution in [0.3, 0.4) is 0 Å². The third-order valence-electron chi connectivity index (χ3n) is 3.97. The summed E-state index contributed by atoms with van der Waals surface area (Å²) in [6, 6.07) is 7.36. The number of ether oxygens (including phenoxy) is 1. The molecule has 114 valence electrons. The standard InChI is InChI=1S/C16H21NO4/c1-11(18)17(13-8-9-13)16(2,15(19)20)10-12-6-4-5-7-14(12)21-3/h4-7,13H,8-10H2,1-3H3,(H,19,20). The molecule has 1 aliphatic carbocycles. The van der Waals surface area contributed by atoms with Crippen molar-refractivity contribution in [3.05, 3.63) is 29.8 Å². The Balaban J connectivity index is 2.38. The number of aliphatic carboxylic acids is 1. The van der Waals surface area contributed by atoms with Crippen LogP contribution >= 0.6 is 0 Å². The van der Waals surface area contributed by atoms with E-state index in [1.54, 1.807) is 20.1 Å². The van der Waals surface area contributed by atoms with Gasteiger partial charge in [-0.15, -0.1) is 0 Å². The zero-order valence-electron chi connectivity index (χ0n) is 12.6. The molecule has 5 heteroatoms. The Morgan fingerprint density at radius 3 is 2.48 bits per heavy atom. The first kappa shape index (κ1) is 15.4. The third-order valence-corrected chi connectivity index (χ3v) is 3.97. The number of carboxylic acid groups (broad SMARTS) is 1. The van der Waals surface area contributed by atoms with E-state index in [0.717, 1.165) is 18.4 Å². The molecule has 1 aromatic rings. The lowest BCUT2D eigenvalue weighted by atomic mass is 9.90. The average molecular weight is 291 g/mol. The normalized spacial score (nSPS) is 16.9. The molecule has 0 bridgehead atoms. The van der Waals surface area contributed by atoms with Crippen LogP contribution in [0.25, 0.3) is 0 Å². The molecule has 0 radical (unpaired) electrons. The fourth-order valence-electron chi connectivity index (χ4n) is 2.82. The van der Waals surface area contributed by atoms with Gasteiger partial charge in [-0.2, -0.15) is 0 Å². The quantitative estimate of drug-likeness (QED) is 0.871. The highest BCUT2D eigenvalue weighted by atomic mass is 16.5. The van der Waals surface area contributed by atoms with E-state index in [1.165, 1.54) is 11.8 Å². The van der Waals surface area contributed by atoms with E-state index in [1.807, 2.05) is 18.2 Å². The SMILES string of the molecule is COc1ccccc1CC(C)(C(=O)O)N(C(C)=O)C1CC1. The minimum Gasteiger partial charge on any atom is -0.496 e. The molecule has 1 aliphatic rings. The molecule has 1 N–H and O–H groups in total. The van der Waals surface area contributed by atoms with Crippen LogP contribution in [0, 0.1) is 0 Å². The first-order valence-electron chi connectivity index (χ1n) is 7.05. The molecule has 2 rings (SSSR count). The van der Waals surface area contributed by atoms with Crippen molar-refractivity contribution in [1.29, 1.82) is 0 Å². The smallest absolute Gasteiger partial charge is 0.329 e. The average Bonchev–Trinajstić information content (AvgIpc) is 3.23. The first-order chi connectivity index (χ1) is 9.90. The summed E-state index contributed by atoms with van der Waals surface area (Å²) in [7, 11) is 1.56. The third kappa shape index (κ3) is 3.01. The van der Waals surface area contributed by atoms with Gasteiger partial charge in [0, 0.05) is 19.4 Å². The molecule has 1 aromatic carbocycles. The Hall–Kier alpha value is -2.04. The van der Waals surface area contributed by atoms with E-state index < -0.39 is 11.5 Å². The van der Waals surface area contributed by atoms with Crippen LogP contribution in [0.5, 0.6) is 5.75 Å². The number of carbonyl (C=O) groups is 2. The summed E-state index contributed by atoms with van der Waals surface area (Å²) in [4.78, 5) is 25.3. The predicted molar refractivity (Wildman–Crippen MR) is 78.3 cm³/mol. The van der Waals surface area contributed by atoms with Crippen LogP contribution in [-0.4, -0.2) is 40.6 Å². The number of nitrogens with zero attached hydrogens (tertiary/aromatic N) is 1. The lowest BCUT2D eigenvalue weighted by Gasteiger charge is -2.38. The highest BCUT2D eigenvalue weighted by molar-refractivity contribution is 5.86. The summed E-state index contributed by atoms with van der Waals surface area (Å²) in [5.41, 5.74) is -0.474. The van der Waals surface area contributed by atoms with E-state index in [4.69, 9.17) is 4.74 Å². The second-order valence-electron chi connectivity index (χ2n) is 5.69. The topological polar surface area (TPSA) is 66.8 Å². The number of methoxy groups -OCH3 is 1. The zero-order valence-corrected chi connectivity index (χ0v) is 12.6. The van der Waals surface area contributed by atoms with Crippen molar-refractivity contribution in [2.45, 2.75) is 44.7 Å². The minimum absolute atomic E-state index is 0.0401. The molecule has 0 heterocycles. The molecule has 0 aliphatic heterocycles. The number of hydrogen-bond donors (Lipinski definition) is 1. The Kier molecular flexibility index (Phi) is 4.21. The van der Waals surface area contributed by atoms with Gasteiger partial charge >= 0.3 is 5.97 Å². The summed E-state index contributed by atoms with van der Waals surface area (Å²) in [6.45, 7) is 3.04. The van der Waals surface area contributed by atoms with Gasteiger partial charge in [0.1, 0.15) is 11.3 Å². The lowest BCUT2D eigenvalue weighted by Crippen LogP contribution is -2.57. The van der Waals surface area contributed by atoms with E-state index in [9.17, 15) is 14.7 Å². The number of hydrogen-bond acceptors (Lipinski definition) is 3. The molecule has 21 heavy (non-hydrogen) atoms. The van der Waals surface area contributed by atoms with Gasteiger partial charge in [-0.1, -0.05) is 18.2 Å². The zero-order chi connectivity index (χ0) is 15.6. The summed E-state index contributed by atoms with van der Waals surface area (Å²) in [6.07, 6.45) is 1.96. The molecule has 0 aromatic heterocycles. The summed E-state index contributed by atoms with van der Waals surface area (Å²) >= 11 is 0. The maximum absolute atomic E-state index is 12.0. The van der Waals surface area contributed by atoms with Crippen LogP contribution in [-0.2, 0) is 16.0 Å². The number of rotatable bonds is 6. The van der Waals surface area contributed by atoms with Gasteiger partial charge in [0.15, 0.2) is 0 Å². The molecule has 1 atom stereocenters. The Bertz CT molecular complexity index is 553. The van der Waals surface area contributed by atoms with Gasteiger partial charge in [0.2, 0.25) is 5.91 Å². The number of amides is 1. The van der Waals surface area contributed by atoms with Gasteiger partial charge < -0.3 is 14.7 Å². The second-order valence-corrected chi connectivity index (χ2v) is 5.69. The summed E-state index contributed by atoms with van der Waals surface area (Å²) in [5.74, 6) is -0.544. The second kappa shape index (κ2) is 5.76. The molecular formula is C16H21NO4. The first-order valence-corrected chi connectivity index (χ1v) is 7.05. The van der Waals surface area contributed by atoms with E-state index in [2.05, 4.69) is 0 Å². The largest absolute Gasteiger partial charge is 0.496 e. The number of para-hydroxylation sites is 1. The van der Waals surface area contributed by atoms with Crippen LogP contribution in [0.2, 0.25) is 0 Å². The fourth-order valence-corrected chi connectivity index (χ4v) is 2.82. The van der Waals surface area contributed by atoms with Gasteiger partial charge in [-0.3, -0.25) is 4.79 Å². The highest BCUT2D eigenvalue weighted by Crippen LogP contribution is 2.36. The van der Waals surface area contributed by atoms with Gasteiger partial charge in [-0.05, 0) is 31.4 Å². The van der Waals surface area contributed by atoms with Crippen molar-refractivity contribution in [3.8, 4) is 5.75 Å². The van der Waals surface area contributed by atoms with Crippen LogP contribution in [0.15, 0.2) is 24.3 Å². The molecule has 0 spiro atoms. The van der Waals surface area contributed by atoms with Gasteiger partial charge in [0.25, 0.3) is 0 Å². The Morgan fingerprint density at radius 2 is 2.00 bits per heavy atom. The number of carbonyl (C=O) groups excluding carboxylic acids is 1. The van der Waals surface area contributed by atoms with Crippen molar-refractivity contribution >= 4 is 11.9 Å². The fraction of sp³-hybridized carbons (Fsp3) is 0.500. The van der Waals surface area contributed by atoms with Gasteiger partial charge in [0.05, 0.1) is 7.11 Å². The van der Waals surface area contributed by atoms with E-state index >= 15 is 0 Å². The number of benzene rings is 1. The van der Waals surface area contributed by atoms with Crippen molar-refractivity contribution in [1.82, 2.24) is 4.90 Å². The van der Waals surface area contributed by atoms with Gasteiger partial charge in [-0.25, -0.2) is 4.79 Å². The molecule has 1 saturated carbocycles. The molecule has 1 fully saturated rings. The monoisotopic (exact) mass is 291 g/mol. The summed E-state index contributed by atoms with van der Waals surface area (Å²) in [5, 5.41) is 9.72. The van der Waals surface area contributed by atoms with Crippen LogP contribution < -0.4 is 4.74 Å². The predicted octanol–water partition coefficient (Wildman–Crippen LogP) is 2.09. The number of carboxylic acids is 1. The maximum atomic E-state index is 12.0. The van der Waals surface area contributed by atoms with E-state index in [0.29, 0.717) is 5.75 Å². The van der Waals surface area contributed by atoms with Crippen LogP contribution in [0.1, 0.15) is 32.3 Å². The molecular weight excluding hydrogens is 270 g/mol. The summed E-state index contributed by atoms with van der Waals surface area (Å²) < 4.78 is 5.29. The molecule has 0 saturated heterocycles. The molecule has 5 nitrogen and oxygen atoms in total. The van der Waals surface area contributed by atoms with Crippen LogP contribution in [0.4, 0.5) is 0 Å². The highest BCUT2D eigenvalue weighted by Gasteiger charge is 2.48. The van der Waals surface area contributed by atoms with Crippen molar-refractivity contribution < 1.29 is 19.4 Å². The maximum Gasteiger partial charge on any atom is 0.329 e. The van der Waals surface area contributed by atoms with E-state index in [-0.39, 0.29) is 18.4 Å². The van der Waals surface area contributed by atoms with Crippen molar-refractivity contribution in [3.63, 3.8) is 0 Å². The minimum atomic E-state index is -1.26. The lowest BCUT2D eigenvalue weighted by molar-refractivity contribution is -0.158.